The van der Waals surface area contributed by atoms with Crippen LogP contribution in [-0.2, 0) is 0 Å². The zero-order valence-electron chi connectivity index (χ0n) is 12.0. The minimum absolute atomic E-state index is 0.654. The summed E-state index contributed by atoms with van der Waals surface area (Å²) in [6.07, 6.45) is 1.79. The van der Waals surface area contributed by atoms with Gasteiger partial charge in [0.15, 0.2) is 0 Å². The smallest absolute Gasteiger partial charge is 0.224 e. The van der Waals surface area contributed by atoms with Crippen molar-refractivity contribution in [2.24, 2.45) is 0 Å². The SMILES string of the molecule is CNc1nccc(N2CCN(c3ccccc3Cl)CC2)n1. The summed E-state index contributed by atoms with van der Waals surface area (Å²) in [7, 11) is 1.83. The van der Waals surface area contributed by atoms with Crippen LogP contribution in [0.25, 0.3) is 0 Å². The Morgan fingerprint density at radius 1 is 1.05 bits per heavy atom. The number of hydrogen-bond donors (Lipinski definition) is 1. The third kappa shape index (κ3) is 3.03. The Hall–Kier alpha value is -2.01. The van der Waals surface area contributed by atoms with Gasteiger partial charge in [0, 0.05) is 39.4 Å². The number of piperazine rings is 1. The second-order valence-electron chi connectivity index (χ2n) is 4.91. The Kier molecular flexibility index (Phi) is 4.10. The quantitative estimate of drug-likeness (QED) is 0.944. The molecule has 2 heterocycles. The van der Waals surface area contributed by atoms with Crippen molar-refractivity contribution < 1.29 is 0 Å². The minimum Gasteiger partial charge on any atom is -0.367 e. The summed E-state index contributed by atoms with van der Waals surface area (Å²) in [5, 5.41) is 3.78. The van der Waals surface area contributed by atoms with Gasteiger partial charge in [0.1, 0.15) is 5.82 Å². The molecule has 2 aromatic rings. The second kappa shape index (κ2) is 6.18. The van der Waals surface area contributed by atoms with Crippen molar-refractivity contribution in [3.05, 3.63) is 41.6 Å². The predicted molar refractivity (Wildman–Crippen MR) is 87.5 cm³/mol. The van der Waals surface area contributed by atoms with Crippen LogP contribution in [0, 0.1) is 0 Å². The van der Waals surface area contributed by atoms with Crippen molar-refractivity contribution in [1.29, 1.82) is 0 Å². The number of aromatic nitrogens is 2. The Morgan fingerprint density at radius 2 is 1.76 bits per heavy atom. The maximum Gasteiger partial charge on any atom is 0.224 e. The molecule has 1 N–H and O–H groups in total. The molecule has 0 unspecified atom stereocenters. The molecule has 0 saturated carbocycles. The van der Waals surface area contributed by atoms with Gasteiger partial charge in [0.2, 0.25) is 5.95 Å². The zero-order chi connectivity index (χ0) is 14.7. The lowest BCUT2D eigenvalue weighted by atomic mass is 10.2. The molecule has 0 amide bonds. The first-order valence-corrected chi connectivity index (χ1v) is 7.41. The van der Waals surface area contributed by atoms with Gasteiger partial charge in [-0.3, -0.25) is 0 Å². The molecule has 0 spiro atoms. The molecule has 3 rings (SSSR count). The molecule has 1 fully saturated rings. The van der Waals surface area contributed by atoms with Gasteiger partial charge in [0.05, 0.1) is 10.7 Å². The van der Waals surface area contributed by atoms with Crippen molar-refractivity contribution in [3.8, 4) is 0 Å². The van der Waals surface area contributed by atoms with Crippen LogP contribution in [0.4, 0.5) is 17.5 Å². The van der Waals surface area contributed by atoms with E-state index in [-0.39, 0.29) is 0 Å². The van der Waals surface area contributed by atoms with E-state index in [0.29, 0.717) is 5.95 Å². The number of nitrogens with zero attached hydrogens (tertiary/aromatic N) is 4. The van der Waals surface area contributed by atoms with E-state index in [1.54, 1.807) is 6.20 Å². The number of nitrogens with one attached hydrogen (secondary N) is 1. The number of halogens is 1. The highest BCUT2D eigenvalue weighted by molar-refractivity contribution is 6.33. The van der Waals surface area contributed by atoms with Crippen LogP contribution in [0.15, 0.2) is 36.5 Å². The van der Waals surface area contributed by atoms with Crippen LogP contribution in [0.5, 0.6) is 0 Å². The third-order valence-corrected chi connectivity index (χ3v) is 3.98. The summed E-state index contributed by atoms with van der Waals surface area (Å²) in [6, 6.07) is 9.94. The number of rotatable bonds is 3. The molecule has 1 saturated heterocycles. The van der Waals surface area contributed by atoms with Gasteiger partial charge >= 0.3 is 0 Å². The van der Waals surface area contributed by atoms with E-state index in [9.17, 15) is 0 Å². The van der Waals surface area contributed by atoms with E-state index in [1.807, 2.05) is 31.3 Å². The van der Waals surface area contributed by atoms with Gasteiger partial charge in [0.25, 0.3) is 0 Å². The average molecular weight is 304 g/mol. The molecule has 110 valence electrons. The van der Waals surface area contributed by atoms with Crippen molar-refractivity contribution in [1.82, 2.24) is 9.97 Å². The van der Waals surface area contributed by atoms with Gasteiger partial charge in [-0.05, 0) is 18.2 Å². The molecule has 0 radical (unpaired) electrons. The van der Waals surface area contributed by atoms with Gasteiger partial charge in [-0.1, -0.05) is 23.7 Å². The first-order valence-electron chi connectivity index (χ1n) is 7.03. The molecule has 0 bridgehead atoms. The molecule has 1 aliphatic rings. The lowest BCUT2D eigenvalue weighted by molar-refractivity contribution is 0.647. The van der Waals surface area contributed by atoms with E-state index < -0.39 is 0 Å². The molecule has 0 atom stereocenters. The van der Waals surface area contributed by atoms with Gasteiger partial charge < -0.3 is 15.1 Å². The summed E-state index contributed by atoms with van der Waals surface area (Å²) < 4.78 is 0. The lowest BCUT2D eigenvalue weighted by Crippen LogP contribution is -2.47. The van der Waals surface area contributed by atoms with Crippen LogP contribution in [-0.4, -0.2) is 43.2 Å². The molecule has 1 aromatic heterocycles. The lowest BCUT2D eigenvalue weighted by Gasteiger charge is -2.37. The largest absolute Gasteiger partial charge is 0.367 e. The zero-order valence-corrected chi connectivity index (χ0v) is 12.7. The second-order valence-corrected chi connectivity index (χ2v) is 5.32. The number of hydrogen-bond acceptors (Lipinski definition) is 5. The van der Waals surface area contributed by atoms with Crippen LogP contribution in [0.1, 0.15) is 0 Å². The summed E-state index contributed by atoms with van der Waals surface area (Å²) in [4.78, 5) is 13.2. The Balaban J connectivity index is 1.69. The fourth-order valence-electron chi connectivity index (χ4n) is 2.53. The molecular formula is C15H18ClN5. The molecule has 6 heteroatoms. The van der Waals surface area contributed by atoms with E-state index in [4.69, 9.17) is 11.6 Å². The van der Waals surface area contributed by atoms with Crippen molar-refractivity contribution in [2.45, 2.75) is 0 Å². The highest BCUT2D eigenvalue weighted by atomic mass is 35.5. The van der Waals surface area contributed by atoms with E-state index >= 15 is 0 Å². The molecular weight excluding hydrogens is 286 g/mol. The first-order chi connectivity index (χ1) is 10.3. The maximum atomic E-state index is 6.27. The first kappa shape index (κ1) is 13.9. The van der Waals surface area contributed by atoms with E-state index in [0.717, 1.165) is 42.7 Å². The predicted octanol–water partition coefficient (Wildman–Crippen LogP) is 2.50. The van der Waals surface area contributed by atoms with Crippen LogP contribution < -0.4 is 15.1 Å². The van der Waals surface area contributed by atoms with Crippen molar-refractivity contribution in [2.75, 3.05) is 48.3 Å². The minimum atomic E-state index is 0.654. The normalized spacial score (nSPS) is 15.1. The number of anilines is 3. The monoisotopic (exact) mass is 303 g/mol. The maximum absolute atomic E-state index is 6.27. The summed E-state index contributed by atoms with van der Waals surface area (Å²) >= 11 is 6.27. The van der Waals surface area contributed by atoms with Gasteiger partial charge in [-0.15, -0.1) is 0 Å². The fraction of sp³-hybridized carbons (Fsp3) is 0.333. The van der Waals surface area contributed by atoms with E-state index in [1.165, 1.54) is 0 Å². The number of benzene rings is 1. The van der Waals surface area contributed by atoms with Crippen molar-refractivity contribution in [3.63, 3.8) is 0 Å². The molecule has 1 aliphatic heterocycles. The Labute approximate surface area is 129 Å². The molecule has 5 nitrogen and oxygen atoms in total. The topological polar surface area (TPSA) is 44.3 Å². The average Bonchev–Trinajstić information content (AvgIpc) is 2.56. The molecule has 0 aliphatic carbocycles. The Morgan fingerprint density at radius 3 is 2.48 bits per heavy atom. The Bertz CT molecular complexity index is 611. The third-order valence-electron chi connectivity index (χ3n) is 3.66. The van der Waals surface area contributed by atoms with Gasteiger partial charge in [-0.2, -0.15) is 4.98 Å². The standard InChI is InChI=1S/C15H18ClN5/c1-17-15-18-7-6-14(19-15)21-10-8-20(9-11-21)13-5-3-2-4-12(13)16/h2-7H,8-11H2,1H3,(H,17,18,19). The van der Waals surface area contributed by atoms with Crippen LogP contribution >= 0.6 is 11.6 Å². The van der Waals surface area contributed by atoms with Crippen LogP contribution in [0.2, 0.25) is 5.02 Å². The van der Waals surface area contributed by atoms with Crippen molar-refractivity contribution >= 4 is 29.1 Å². The summed E-state index contributed by atoms with van der Waals surface area (Å²) in [6.45, 7) is 3.71. The van der Waals surface area contributed by atoms with Gasteiger partial charge in [-0.25, -0.2) is 4.98 Å². The highest BCUT2D eigenvalue weighted by Gasteiger charge is 2.19. The summed E-state index contributed by atoms with van der Waals surface area (Å²) in [5.74, 6) is 1.62. The number of para-hydroxylation sites is 1. The van der Waals surface area contributed by atoms with E-state index in [2.05, 4.69) is 31.2 Å². The van der Waals surface area contributed by atoms with Crippen LogP contribution in [0.3, 0.4) is 0 Å². The molecule has 1 aromatic carbocycles. The highest BCUT2D eigenvalue weighted by Crippen LogP contribution is 2.26. The molecule has 21 heavy (non-hydrogen) atoms. The summed E-state index contributed by atoms with van der Waals surface area (Å²) in [5.41, 5.74) is 1.11. The fourth-order valence-corrected chi connectivity index (χ4v) is 2.79.